The zero-order chi connectivity index (χ0) is 15.5. The number of hydrogen-bond acceptors (Lipinski definition) is 3. The summed E-state index contributed by atoms with van der Waals surface area (Å²) in [6, 6.07) is -0.429. The summed E-state index contributed by atoms with van der Waals surface area (Å²) in [5, 5.41) is 5.20. The first-order chi connectivity index (χ1) is 9.95. The van der Waals surface area contributed by atoms with Gasteiger partial charge < -0.3 is 10.2 Å². The van der Waals surface area contributed by atoms with E-state index in [1.54, 1.807) is 0 Å². The minimum atomic E-state index is -0.803. The van der Waals surface area contributed by atoms with Gasteiger partial charge >= 0.3 is 6.03 Å². The van der Waals surface area contributed by atoms with Gasteiger partial charge in [0.15, 0.2) is 0 Å². The molecule has 1 heterocycles. The molecule has 118 valence electrons. The molecule has 0 atom stereocenters. The van der Waals surface area contributed by atoms with E-state index in [0.29, 0.717) is 25.3 Å². The van der Waals surface area contributed by atoms with Crippen molar-refractivity contribution in [2.45, 2.75) is 57.9 Å². The second kappa shape index (κ2) is 6.45. The summed E-state index contributed by atoms with van der Waals surface area (Å²) in [4.78, 5) is 37.8. The Hall–Kier alpha value is -1.59. The maximum absolute atomic E-state index is 12.3. The smallest absolute Gasteiger partial charge is 0.325 e. The van der Waals surface area contributed by atoms with Crippen LogP contribution >= 0.6 is 0 Å². The molecule has 21 heavy (non-hydrogen) atoms. The van der Waals surface area contributed by atoms with Crippen LogP contribution in [0.25, 0.3) is 0 Å². The van der Waals surface area contributed by atoms with Gasteiger partial charge in [-0.3, -0.25) is 14.9 Å². The molecule has 0 aromatic heterocycles. The van der Waals surface area contributed by atoms with Crippen molar-refractivity contribution in [3.05, 3.63) is 0 Å². The molecule has 0 unspecified atom stereocenters. The van der Waals surface area contributed by atoms with E-state index < -0.39 is 11.6 Å². The molecule has 0 aromatic carbocycles. The molecule has 2 aliphatic rings. The number of nitrogens with zero attached hydrogens (tertiary/aromatic N) is 1. The van der Waals surface area contributed by atoms with Crippen molar-refractivity contribution in [3.63, 3.8) is 0 Å². The summed E-state index contributed by atoms with van der Waals surface area (Å²) in [6.07, 6.45) is 5.31. The highest BCUT2D eigenvalue weighted by Gasteiger charge is 2.52. The van der Waals surface area contributed by atoms with E-state index in [2.05, 4.69) is 10.6 Å². The van der Waals surface area contributed by atoms with Gasteiger partial charge in [0.2, 0.25) is 5.91 Å². The van der Waals surface area contributed by atoms with Crippen molar-refractivity contribution in [3.8, 4) is 0 Å². The van der Waals surface area contributed by atoms with Crippen LogP contribution in [0.4, 0.5) is 4.79 Å². The molecule has 6 nitrogen and oxygen atoms in total. The van der Waals surface area contributed by atoms with Gasteiger partial charge in [-0.05, 0) is 18.8 Å². The minimum absolute atomic E-state index is 0.0374. The van der Waals surface area contributed by atoms with Crippen molar-refractivity contribution in [2.75, 3.05) is 13.1 Å². The summed E-state index contributed by atoms with van der Waals surface area (Å²) in [6.45, 7) is 4.57. The van der Waals surface area contributed by atoms with Crippen molar-refractivity contribution < 1.29 is 14.4 Å². The zero-order valence-electron chi connectivity index (χ0n) is 12.9. The Balaban J connectivity index is 2.09. The average molecular weight is 295 g/mol. The Kier molecular flexibility index (Phi) is 4.85. The average Bonchev–Trinajstić information content (AvgIpc) is 2.63. The van der Waals surface area contributed by atoms with Crippen molar-refractivity contribution in [2.24, 2.45) is 5.92 Å². The fraction of sp³-hybridized carbons (Fsp3) is 0.800. The lowest BCUT2D eigenvalue weighted by atomic mass is 9.88. The van der Waals surface area contributed by atoms with E-state index in [1.165, 1.54) is 4.90 Å². The number of hydrogen-bond donors (Lipinski definition) is 2. The summed E-state index contributed by atoms with van der Waals surface area (Å²) >= 11 is 0. The van der Waals surface area contributed by atoms with Gasteiger partial charge in [-0.1, -0.05) is 39.5 Å². The Morgan fingerprint density at radius 3 is 2.43 bits per heavy atom. The molecule has 2 rings (SSSR count). The van der Waals surface area contributed by atoms with Crippen LogP contribution < -0.4 is 10.6 Å². The topological polar surface area (TPSA) is 78.5 Å². The van der Waals surface area contributed by atoms with Gasteiger partial charge in [0, 0.05) is 6.54 Å². The Morgan fingerprint density at radius 2 is 1.86 bits per heavy atom. The number of rotatable bonds is 4. The SMILES string of the molecule is CC(C)CNC(=O)CN1C(=O)NC(=O)C12CCCCCC2. The van der Waals surface area contributed by atoms with Crippen LogP contribution in [0.3, 0.4) is 0 Å². The van der Waals surface area contributed by atoms with Gasteiger partial charge in [0.1, 0.15) is 12.1 Å². The third-order valence-corrected chi connectivity index (χ3v) is 4.34. The second-order valence-corrected chi connectivity index (χ2v) is 6.49. The second-order valence-electron chi connectivity index (χ2n) is 6.49. The molecule has 1 aliphatic carbocycles. The number of carbonyl (C=O) groups is 3. The normalized spacial score (nSPS) is 21.6. The van der Waals surface area contributed by atoms with Crippen LogP contribution in [0.2, 0.25) is 0 Å². The predicted molar refractivity (Wildman–Crippen MR) is 78.5 cm³/mol. The fourth-order valence-electron chi connectivity index (χ4n) is 3.15. The number of nitrogens with one attached hydrogen (secondary N) is 2. The Bertz CT molecular complexity index is 426. The highest BCUT2D eigenvalue weighted by molar-refractivity contribution is 6.08. The largest absolute Gasteiger partial charge is 0.354 e. The number of urea groups is 1. The summed E-state index contributed by atoms with van der Waals surface area (Å²) in [7, 11) is 0. The minimum Gasteiger partial charge on any atom is -0.354 e. The lowest BCUT2D eigenvalue weighted by Gasteiger charge is -2.34. The first-order valence-electron chi connectivity index (χ1n) is 7.85. The van der Waals surface area contributed by atoms with Gasteiger partial charge in [0.25, 0.3) is 5.91 Å². The molecule has 2 fully saturated rings. The van der Waals surface area contributed by atoms with Crippen molar-refractivity contribution >= 4 is 17.8 Å². The maximum Gasteiger partial charge on any atom is 0.325 e. The van der Waals surface area contributed by atoms with Gasteiger partial charge in [-0.2, -0.15) is 0 Å². The van der Waals surface area contributed by atoms with Gasteiger partial charge in [-0.15, -0.1) is 0 Å². The quantitative estimate of drug-likeness (QED) is 0.770. The zero-order valence-corrected chi connectivity index (χ0v) is 12.9. The van der Waals surface area contributed by atoms with E-state index in [1.807, 2.05) is 13.8 Å². The monoisotopic (exact) mass is 295 g/mol. The van der Waals surface area contributed by atoms with E-state index >= 15 is 0 Å². The van der Waals surface area contributed by atoms with Crippen LogP contribution in [0.5, 0.6) is 0 Å². The third-order valence-electron chi connectivity index (χ3n) is 4.34. The van der Waals surface area contributed by atoms with Gasteiger partial charge in [0.05, 0.1) is 0 Å². The van der Waals surface area contributed by atoms with E-state index in [4.69, 9.17) is 0 Å². The molecular weight excluding hydrogens is 270 g/mol. The molecular formula is C15H25N3O3. The molecule has 0 bridgehead atoms. The molecule has 4 amide bonds. The molecule has 0 radical (unpaired) electrons. The van der Waals surface area contributed by atoms with Crippen LogP contribution in [0.15, 0.2) is 0 Å². The molecule has 1 aliphatic heterocycles. The first-order valence-corrected chi connectivity index (χ1v) is 7.85. The highest BCUT2D eigenvalue weighted by atomic mass is 16.2. The molecule has 6 heteroatoms. The fourth-order valence-corrected chi connectivity index (χ4v) is 3.15. The molecule has 1 saturated heterocycles. The van der Waals surface area contributed by atoms with Crippen LogP contribution in [-0.4, -0.2) is 41.4 Å². The number of carbonyl (C=O) groups excluding carboxylic acids is 3. The van der Waals surface area contributed by atoms with E-state index in [9.17, 15) is 14.4 Å². The van der Waals surface area contributed by atoms with Crippen molar-refractivity contribution in [1.29, 1.82) is 0 Å². The molecule has 0 aromatic rings. The third kappa shape index (κ3) is 3.36. The lowest BCUT2D eigenvalue weighted by molar-refractivity contribution is -0.129. The number of imide groups is 1. The summed E-state index contributed by atoms with van der Waals surface area (Å²) in [5.74, 6) is -0.0712. The van der Waals surface area contributed by atoms with E-state index in [-0.39, 0.29) is 18.4 Å². The summed E-state index contributed by atoms with van der Waals surface area (Å²) in [5.41, 5.74) is -0.803. The Labute approximate surface area is 125 Å². The number of amides is 4. The van der Waals surface area contributed by atoms with E-state index in [0.717, 1.165) is 25.7 Å². The van der Waals surface area contributed by atoms with Gasteiger partial charge in [-0.25, -0.2) is 4.79 Å². The van der Waals surface area contributed by atoms with Crippen LogP contribution in [-0.2, 0) is 9.59 Å². The standard InChI is InChI=1S/C15H25N3O3/c1-11(2)9-16-12(19)10-18-14(21)17-13(20)15(18)7-5-3-4-6-8-15/h11H,3-10H2,1-2H3,(H,16,19)(H,17,20,21). The Morgan fingerprint density at radius 1 is 1.24 bits per heavy atom. The summed E-state index contributed by atoms with van der Waals surface area (Å²) < 4.78 is 0. The molecule has 1 saturated carbocycles. The molecule has 1 spiro atoms. The maximum atomic E-state index is 12.3. The predicted octanol–water partition coefficient (Wildman–Crippen LogP) is 1.40. The van der Waals surface area contributed by atoms with Crippen LogP contribution in [0.1, 0.15) is 52.4 Å². The molecule has 2 N–H and O–H groups in total. The highest BCUT2D eigenvalue weighted by Crippen LogP contribution is 2.35. The first kappa shape index (κ1) is 15.8. The van der Waals surface area contributed by atoms with Crippen molar-refractivity contribution in [1.82, 2.24) is 15.5 Å². The lowest BCUT2D eigenvalue weighted by Crippen LogP contribution is -2.52. The van der Waals surface area contributed by atoms with Crippen LogP contribution in [0, 0.1) is 5.92 Å².